The van der Waals surface area contributed by atoms with Gasteiger partial charge in [-0.05, 0) is 36.2 Å². The van der Waals surface area contributed by atoms with Crippen molar-refractivity contribution in [1.82, 2.24) is 19.8 Å². The van der Waals surface area contributed by atoms with E-state index in [2.05, 4.69) is 15.2 Å². The van der Waals surface area contributed by atoms with Crippen molar-refractivity contribution < 1.29 is 13.9 Å². The van der Waals surface area contributed by atoms with Gasteiger partial charge in [-0.2, -0.15) is 0 Å². The maximum Gasteiger partial charge on any atom is 0.261 e. The van der Waals surface area contributed by atoms with Gasteiger partial charge in [-0.1, -0.05) is 24.3 Å². The Morgan fingerprint density at radius 2 is 1.94 bits per heavy atom. The minimum absolute atomic E-state index is 0.0727. The van der Waals surface area contributed by atoms with E-state index in [1.807, 2.05) is 19.1 Å². The molecule has 3 aromatic rings. The van der Waals surface area contributed by atoms with Crippen molar-refractivity contribution in [2.75, 3.05) is 32.8 Å². The molecule has 1 atom stereocenters. The highest BCUT2D eigenvalue weighted by molar-refractivity contribution is 5.80. The van der Waals surface area contributed by atoms with Crippen LogP contribution in [-0.4, -0.2) is 53.2 Å². The first-order chi connectivity index (χ1) is 15.5. The molecule has 1 aliphatic rings. The third-order valence-electron chi connectivity index (χ3n) is 5.87. The van der Waals surface area contributed by atoms with Gasteiger partial charge in [-0.3, -0.25) is 19.1 Å². The lowest BCUT2D eigenvalue weighted by Crippen LogP contribution is -2.44. The van der Waals surface area contributed by atoms with Crippen LogP contribution in [-0.2, 0) is 16.1 Å². The molecule has 1 amide bonds. The first kappa shape index (κ1) is 22.1. The van der Waals surface area contributed by atoms with Gasteiger partial charge in [-0.25, -0.2) is 9.37 Å². The predicted octanol–water partition coefficient (Wildman–Crippen LogP) is 2.42. The summed E-state index contributed by atoms with van der Waals surface area (Å²) in [5, 5.41) is 3.53. The number of aryl methyl sites for hydroxylation is 2. The molecule has 1 N–H and O–H groups in total. The number of aromatic nitrogens is 2. The van der Waals surface area contributed by atoms with E-state index in [0.717, 1.165) is 24.2 Å². The highest BCUT2D eigenvalue weighted by Gasteiger charge is 2.23. The highest BCUT2D eigenvalue weighted by Crippen LogP contribution is 2.21. The normalized spacial score (nSPS) is 15.6. The third kappa shape index (κ3) is 5.03. The number of nitrogens with one attached hydrogen (secondary N) is 1. The Bertz CT molecular complexity index is 1140. The van der Waals surface area contributed by atoms with Crippen molar-refractivity contribution in [2.24, 2.45) is 0 Å². The summed E-state index contributed by atoms with van der Waals surface area (Å²) < 4.78 is 20.3. The van der Waals surface area contributed by atoms with E-state index < -0.39 is 0 Å². The Kier molecular flexibility index (Phi) is 6.92. The number of amides is 1. The minimum atomic E-state index is -0.289. The summed E-state index contributed by atoms with van der Waals surface area (Å²) in [5.74, 6) is -0.440. The Labute approximate surface area is 185 Å². The van der Waals surface area contributed by atoms with Gasteiger partial charge < -0.3 is 10.1 Å². The predicted molar refractivity (Wildman–Crippen MR) is 120 cm³/mol. The Morgan fingerprint density at radius 1 is 1.19 bits per heavy atom. The average molecular weight is 439 g/mol. The molecule has 0 bridgehead atoms. The van der Waals surface area contributed by atoms with Crippen LogP contribution < -0.4 is 10.9 Å². The summed E-state index contributed by atoms with van der Waals surface area (Å²) in [5.41, 5.74) is 2.42. The highest BCUT2D eigenvalue weighted by atomic mass is 19.1. The van der Waals surface area contributed by atoms with E-state index in [0.29, 0.717) is 30.7 Å². The maximum atomic E-state index is 13.4. The van der Waals surface area contributed by atoms with E-state index >= 15 is 0 Å². The SMILES string of the molecule is Cc1cccc2c(=O)n(CCC(=O)NCC(c3ccc(F)cc3)N3CCOCC3)cnc12. The van der Waals surface area contributed by atoms with Gasteiger partial charge in [0.2, 0.25) is 5.91 Å². The largest absolute Gasteiger partial charge is 0.379 e. The van der Waals surface area contributed by atoms with Gasteiger partial charge >= 0.3 is 0 Å². The molecule has 4 rings (SSSR count). The van der Waals surface area contributed by atoms with Crippen molar-refractivity contribution in [1.29, 1.82) is 0 Å². The molecule has 2 aromatic carbocycles. The van der Waals surface area contributed by atoms with Gasteiger partial charge in [0.25, 0.3) is 5.56 Å². The van der Waals surface area contributed by atoms with Crippen molar-refractivity contribution in [2.45, 2.75) is 25.9 Å². The number of benzene rings is 2. The topological polar surface area (TPSA) is 76.5 Å². The fraction of sp³-hybridized carbons (Fsp3) is 0.375. The van der Waals surface area contributed by atoms with E-state index in [9.17, 15) is 14.0 Å². The molecule has 2 heterocycles. The third-order valence-corrected chi connectivity index (χ3v) is 5.87. The molecule has 32 heavy (non-hydrogen) atoms. The number of carbonyl (C=O) groups excluding carboxylic acids is 1. The van der Waals surface area contributed by atoms with Gasteiger partial charge in [0.15, 0.2) is 0 Å². The molecule has 0 aliphatic carbocycles. The summed E-state index contributed by atoms with van der Waals surface area (Å²) in [6.45, 7) is 5.31. The summed E-state index contributed by atoms with van der Waals surface area (Å²) in [6, 6.07) is 11.8. The molecule has 8 heteroatoms. The van der Waals surface area contributed by atoms with Crippen LogP contribution in [0.1, 0.15) is 23.6 Å². The molecular formula is C24H27FN4O3. The number of morpholine rings is 1. The monoisotopic (exact) mass is 438 g/mol. The quantitative estimate of drug-likeness (QED) is 0.613. The molecular weight excluding hydrogens is 411 g/mol. The van der Waals surface area contributed by atoms with Crippen LogP contribution >= 0.6 is 0 Å². The zero-order chi connectivity index (χ0) is 22.5. The molecule has 1 fully saturated rings. The lowest BCUT2D eigenvalue weighted by Gasteiger charge is -2.35. The number of hydrogen-bond donors (Lipinski definition) is 1. The molecule has 1 unspecified atom stereocenters. The molecule has 0 spiro atoms. The second-order valence-electron chi connectivity index (χ2n) is 7.98. The number of para-hydroxylation sites is 1. The van der Waals surface area contributed by atoms with Crippen LogP contribution in [0.15, 0.2) is 53.6 Å². The molecule has 0 saturated carbocycles. The van der Waals surface area contributed by atoms with Crippen molar-refractivity contribution in [3.8, 4) is 0 Å². The molecule has 168 valence electrons. The number of halogens is 1. The van der Waals surface area contributed by atoms with Crippen LogP contribution in [0.4, 0.5) is 4.39 Å². The smallest absolute Gasteiger partial charge is 0.261 e. The van der Waals surface area contributed by atoms with Crippen LogP contribution in [0.25, 0.3) is 10.9 Å². The van der Waals surface area contributed by atoms with Gasteiger partial charge in [-0.15, -0.1) is 0 Å². The second-order valence-corrected chi connectivity index (χ2v) is 7.98. The molecule has 1 aromatic heterocycles. The summed E-state index contributed by atoms with van der Waals surface area (Å²) in [6.07, 6.45) is 1.66. The first-order valence-electron chi connectivity index (χ1n) is 10.8. The van der Waals surface area contributed by atoms with E-state index in [1.54, 1.807) is 18.2 Å². The fourth-order valence-corrected chi connectivity index (χ4v) is 4.05. The number of ether oxygens (including phenoxy) is 1. The Balaban J connectivity index is 1.40. The van der Waals surface area contributed by atoms with Crippen LogP contribution in [0, 0.1) is 12.7 Å². The van der Waals surface area contributed by atoms with Gasteiger partial charge in [0.05, 0.1) is 36.5 Å². The molecule has 0 radical (unpaired) electrons. The fourth-order valence-electron chi connectivity index (χ4n) is 4.05. The zero-order valence-electron chi connectivity index (χ0n) is 18.1. The van der Waals surface area contributed by atoms with Crippen LogP contribution in [0.2, 0.25) is 0 Å². The van der Waals surface area contributed by atoms with Crippen molar-refractivity contribution >= 4 is 16.8 Å². The van der Waals surface area contributed by atoms with Crippen molar-refractivity contribution in [3.63, 3.8) is 0 Å². The molecule has 1 saturated heterocycles. The number of nitrogens with zero attached hydrogens (tertiary/aromatic N) is 3. The van der Waals surface area contributed by atoms with Crippen LogP contribution in [0.5, 0.6) is 0 Å². The summed E-state index contributed by atoms with van der Waals surface area (Å²) >= 11 is 0. The molecule has 7 nitrogen and oxygen atoms in total. The van der Waals surface area contributed by atoms with Crippen LogP contribution in [0.3, 0.4) is 0 Å². The van der Waals surface area contributed by atoms with E-state index in [1.165, 1.54) is 23.0 Å². The van der Waals surface area contributed by atoms with Gasteiger partial charge in [0, 0.05) is 32.6 Å². The summed E-state index contributed by atoms with van der Waals surface area (Å²) in [7, 11) is 0. The minimum Gasteiger partial charge on any atom is -0.379 e. The maximum absolute atomic E-state index is 13.4. The van der Waals surface area contributed by atoms with Crippen molar-refractivity contribution in [3.05, 3.63) is 76.1 Å². The zero-order valence-corrected chi connectivity index (χ0v) is 18.1. The lowest BCUT2D eigenvalue weighted by molar-refractivity contribution is -0.121. The average Bonchev–Trinajstić information content (AvgIpc) is 2.81. The standard InChI is InChI=1S/C24H27FN4O3/c1-17-3-2-4-20-23(17)27-16-29(24(20)31)10-9-22(30)26-15-21(28-11-13-32-14-12-28)18-5-7-19(25)8-6-18/h2-8,16,21H,9-15H2,1H3,(H,26,30). The van der Waals surface area contributed by atoms with E-state index in [4.69, 9.17) is 4.74 Å². The Hall–Kier alpha value is -3.10. The number of rotatable bonds is 7. The number of carbonyl (C=O) groups is 1. The van der Waals surface area contributed by atoms with Gasteiger partial charge in [0.1, 0.15) is 5.82 Å². The summed E-state index contributed by atoms with van der Waals surface area (Å²) in [4.78, 5) is 31.9. The first-order valence-corrected chi connectivity index (χ1v) is 10.8. The Morgan fingerprint density at radius 3 is 2.69 bits per heavy atom. The molecule has 1 aliphatic heterocycles. The lowest BCUT2D eigenvalue weighted by atomic mass is 10.0. The number of fused-ring (bicyclic) bond motifs is 1. The van der Waals surface area contributed by atoms with E-state index in [-0.39, 0.29) is 36.3 Å². The second kappa shape index (κ2) is 10.0. The number of hydrogen-bond acceptors (Lipinski definition) is 5.